The number of nitrogens with zero attached hydrogens (tertiary/aromatic N) is 4. The van der Waals surface area contributed by atoms with Crippen LogP contribution in [0, 0.1) is 26.7 Å². The maximum atomic E-state index is 6.19. The van der Waals surface area contributed by atoms with Crippen LogP contribution in [0.25, 0.3) is 0 Å². The van der Waals surface area contributed by atoms with Crippen molar-refractivity contribution in [2.75, 3.05) is 31.6 Å². The van der Waals surface area contributed by atoms with Gasteiger partial charge in [-0.05, 0) is 50.8 Å². The number of hydrogen-bond donors (Lipinski definition) is 2. The SMILES string of the molecule is CN=C(NCc1c(C)nn(C)c1C)NCC1CCN(c2cc(Cl)ccc2C)C1. The van der Waals surface area contributed by atoms with Crippen LogP contribution >= 0.6 is 11.6 Å². The van der Waals surface area contributed by atoms with Gasteiger partial charge in [-0.25, -0.2) is 0 Å². The summed E-state index contributed by atoms with van der Waals surface area (Å²) >= 11 is 6.19. The topological polar surface area (TPSA) is 57.5 Å². The first-order valence-electron chi connectivity index (χ1n) is 9.83. The Labute approximate surface area is 173 Å². The van der Waals surface area contributed by atoms with Crippen molar-refractivity contribution in [3.05, 3.63) is 45.7 Å². The largest absolute Gasteiger partial charge is 0.371 e. The average Bonchev–Trinajstić information content (AvgIpc) is 3.23. The minimum atomic E-state index is 0.582. The zero-order valence-electron chi connectivity index (χ0n) is 17.5. The molecule has 1 aromatic heterocycles. The van der Waals surface area contributed by atoms with Gasteiger partial charge in [0, 0.05) is 62.2 Å². The molecule has 1 saturated heterocycles. The van der Waals surface area contributed by atoms with E-state index in [1.807, 2.05) is 31.8 Å². The highest BCUT2D eigenvalue weighted by Gasteiger charge is 2.24. The Kier molecular flexibility index (Phi) is 6.50. The lowest BCUT2D eigenvalue weighted by molar-refractivity contribution is 0.565. The van der Waals surface area contributed by atoms with Gasteiger partial charge in [-0.3, -0.25) is 9.67 Å². The predicted molar refractivity (Wildman–Crippen MR) is 117 cm³/mol. The van der Waals surface area contributed by atoms with Crippen LogP contribution in [0.5, 0.6) is 0 Å². The number of guanidine groups is 1. The molecule has 1 aliphatic rings. The van der Waals surface area contributed by atoms with E-state index in [0.717, 1.165) is 49.3 Å². The molecule has 1 atom stereocenters. The second kappa shape index (κ2) is 8.86. The fourth-order valence-electron chi connectivity index (χ4n) is 3.85. The van der Waals surface area contributed by atoms with Crippen LogP contribution in [0.1, 0.15) is 28.9 Å². The molecule has 28 heavy (non-hydrogen) atoms. The summed E-state index contributed by atoms with van der Waals surface area (Å²) in [5.41, 5.74) is 6.00. The maximum absolute atomic E-state index is 6.19. The van der Waals surface area contributed by atoms with Gasteiger partial charge in [0.15, 0.2) is 5.96 Å². The lowest BCUT2D eigenvalue weighted by Gasteiger charge is -2.21. The number of aliphatic imine (C=N–C) groups is 1. The zero-order valence-corrected chi connectivity index (χ0v) is 18.3. The van der Waals surface area contributed by atoms with Gasteiger partial charge in [-0.1, -0.05) is 17.7 Å². The molecule has 0 spiro atoms. The molecule has 0 bridgehead atoms. The smallest absolute Gasteiger partial charge is 0.191 e. The molecule has 2 aromatic rings. The highest BCUT2D eigenvalue weighted by molar-refractivity contribution is 6.30. The summed E-state index contributed by atoms with van der Waals surface area (Å²) < 4.78 is 1.92. The Hall–Kier alpha value is -2.21. The van der Waals surface area contributed by atoms with Crippen LogP contribution in [0.3, 0.4) is 0 Å². The standard InChI is InChI=1S/C21H31ClN6/c1-14-6-7-18(22)10-20(14)28-9-8-17(13-28)11-24-21(23-4)25-12-19-15(2)26-27(5)16(19)3/h6-7,10,17H,8-9,11-13H2,1-5H3,(H2,23,24,25). The van der Waals surface area contributed by atoms with E-state index in [-0.39, 0.29) is 0 Å². The third-order valence-corrected chi connectivity index (χ3v) is 5.91. The van der Waals surface area contributed by atoms with E-state index in [0.29, 0.717) is 5.92 Å². The molecule has 1 fully saturated rings. The van der Waals surface area contributed by atoms with E-state index in [1.165, 1.54) is 22.5 Å². The summed E-state index contributed by atoms with van der Waals surface area (Å²) in [6.07, 6.45) is 1.16. The minimum Gasteiger partial charge on any atom is -0.371 e. The van der Waals surface area contributed by atoms with Crippen LogP contribution < -0.4 is 15.5 Å². The van der Waals surface area contributed by atoms with Gasteiger partial charge in [0.1, 0.15) is 0 Å². The first-order valence-corrected chi connectivity index (χ1v) is 10.2. The van der Waals surface area contributed by atoms with Gasteiger partial charge in [0.25, 0.3) is 0 Å². The quantitative estimate of drug-likeness (QED) is 0.595. The van der Waals surface area contributed by atoms with Crippen molar-refractivity contribution in [1.29, 1.82) is 0 Å². The number of halogens is 1. The number of rotatable bonds is 5. The molecule has 1 aliphatic heterocycles. The summed E-state index contributed by atoms with van der Waals surface area (Å²) in [7, 11) is 3.79. The number of aryl methyl sites for hydroxylation is 3. The summed E-state index contributed by atoms with van der Waals surface area (Å²) in [5.74, 6) is 1.42. The molecule has 0 saturated carbocycles. The van der Waals surface area contributed by atoms with Gasteiger partial charge in [-0.2, -0.15) is 5.10 Å². The summed E-state index contributed by atoms with van der Waals surface area (Å²) in [6.45, 7) is 10.0. The van der Waals surface area contributed by atoms with Crippen molar-refractivity contribution in [3.63, 3.8) is 0 Å². The van der Waals surface area contributed by atoms with Crippen molar-refractivity contribution in [1.82, 2.24) is 20.4 Å². The van der Waals surface area contributed by atoms with E-state index in [1.54, 1.807) is 0 Å². The molecule has 1 aromatic carbocycles. The van der Waals surface area contributed by atoms with Crippen molar-refractivity contribution in [2.45, 2.75) is 33.7 Å². The van der Waals surface area contributed by atoms with E-state index in [4.69, 9.17) is 11.6 Å². The zero-order chi connectivity index (χ0) is 20.3. The normalized spacial score (nSPS) is 17.3. The van der Waals surface area contributed by atoms with Crippen LogP contribution in [0.15, 0.2) is 23.2 Å². The van der Waals surface area contributed by atoms with E-state index in [9.17, 15) is 0 Å². The van der Waals surface area contributed by atoms with E-state index < -0.39 is 0 Å². The van der Waals surface area contributed by atoms with Gasteiger partial charge in [0.05, 0.1) is 5.69 Å². The fraction of sp³-hybridized carbons (Fsp3) is 0.524. The maximum Gasteiger partial charge on any atom is 0.191 e. The number of anilines is 1. The minimum absolute atomic E-state index is 0.582. The second-order valence-corrected chi connectivity index (χ2v) is 8.05. The molecule has 6 nitrogen and oxygen atoms in total. The van der Waals surface area contributed by atoms with Crippen LogP contribution in [-0.2, 0) is 13.6 Å². The molecule has 3 rings (SSSR count). The van der Waals surface area contributed by atoms with Crippen molar-refractivity contribution >= 4 is 23.2 Å². The van der Waals surface area contributed by atoms with Crippen molar-refractivity contribution in [3.8, 4) is 0 Å². The molecule has 1 unspecified atom stereocenters. The third-order valence-electron chi connectivity index (χ3n) is 5.67. The summed E-state index contributed by atoms with van der Waals surface area (Å²) in [4.78, 5) is 6.81. The molecule has 0 radical (unpaired) electrons. The lowest BCUT2D eigenvalue weighted by Crippen LogP contribution is -2.40. The first kappa shape index (κ1) is 20.5. The van der Waals surface area contributed by atoms with Gasteiger partial charge < -0.3 is 15.5 Å². The Balaban J connectivity index is 1.51. The Morgan fingerprint density at radius 1 is 1.29 bits per heavy atom. The van der Waals surface area contributed by atoms with Crippen molar-refractivity contribution < 1.29 is 0 Å². The van der Waals surface area contributed by atoms with Gasteiger partial charge in [0.2, 0.25) is 0 Å². The number of benzene rings is 1. The molecular formula is C21H31ClN6. The average molecular weight is 403 g/mol. The molecule has 2 N–H and O–H groups in total. The first-order chi connectivity index (χ1) is 13.4. The highest BCUT2D eigenvalue weighted by atomic mass is 35.5. The number of aromatic nitrogens is 2. The molecule has 152 valence electrons. The molecule has 0 aliphatic carbocycles. The number of hydrogen-bond acceptors (Lipinski definition) is 3. The predicted octanol–water partition coefficient (Wildman–Crippen LogP) is 3.19. The Bertz CT molecular complexity index is 857. The van der Waals surface area contributed by atoms with Crippen LogP contribution in [-0.4, -0.2) is 42.4 Å². The third kappa shape index (κ3) is 4.61. The summed E-state index contributed by atoms with van der Waals surface area (Å²) in [6, 6.07) is 6.13. The number of nitrogens with one attached hydrogen (secondary N) is 2. The van der Waals surface area contributed by atoms with Gasteiger partial charge >= 0.3 is 0 Å². The Morgan fingerprint density at radius 3 is 2.75 bits per heavy atom. The van der Waals surface area contributed by atoms with Crippen molar-refractivity contribution in [2.24, 2.45) is 18.0 Å². The summed E-state index contributed by atoms with van der Waals surface area (Å²) in [5, 5.41) is 12.2. The Morgan fingerprint density at radius 2 is 2.07 bits per heavy atom. The fourth-order valence-corrected chi connectivity index (χ4v) is 4.01. The van der Waals surface area contributed by atoms with E-state index in [2.05, 4.69) is 51.6 Å². The van der Waals surface area contributed by atoms with Crippen LogP contribution in [0.2, 0.25) is 5.02 Å². The van der Waals surface area contributed by atoms with E-state index >= 15 is 0 Å². The monoisotopic (exact) mass is 402 g/mol. The van der Waals surface area contributed by atoms with Crippen LogP contribution in [0.4, 0.5) is 5.69 Å². The molecule has 0 amide bonds. The molecule has 7 heteroatoms. The molecule has 2 heterocycles. The lowest BCUT2D eigenvalue weighted by atomic mass is 10.1. The molecular weight excluding hydrogens is 372 g/mol. The second-order valence-electron chi connectivity index (χ2n) is 7.61. The van der Waals surface area contributed by atoms with Gasteiger partial charge in [-0.15, -0.1) is 0 Å². The highest BCUT2D eigenvalue weighted by Crippen LogP contribution is 2.29.